The fourth-order valence-electron chi connectivity index (χ4n) is 1.29. The summed E-state index contributed by atoms with van der Waals surface area (Å²) >= 11 is 0. The van der Waals surface area contributed by atoms with Gasteiger partial charge in [-0.05, 0) is 25.0 Å². The number of carboxylic acids is 1. The number of aliphatic carboxylic acids is 1. The van der Waals surface area contributed by atoms with Gasteiger partial charge < -0.3 is 5.11 Å². The largest absolute Gasteiger partial charge is 0.480 e. The first kappa shape index (κ1) is 12.0. The summed E-state index contributed by atoms with van der Waals surface area (Å²) in [5.74, 6) is -0.954. The zero-order chi connectivity index (χ0) is 12.0. The number of para-hydroxylation sites is 1. The number of hydrazine groups is 1. The molecule has 0 aliphatic heterocycles. The van der Waals surface area contributed by atoms with Gasteiger partial charge in [-0.3, -0.25) is 20.6 Å². The molecule has 1 aromatic carbocycles. The van der Waals surface area contributed by atoms with Gasteiger partial charge in [-0.1, -0.05) is 18.2 Å². The predicted molar refractivity (Wildman–Crippen MR) is 63.7 cm³/mol. The van der Waals surface area contributed by atoms with E-state index in [9.17, 15) is 4.79 Å². The summed E-state index contributed by atoms with van der Waals surface area (Å²) < 4.78 is 0. The molecule has 0 unspecified atom stereocenters. The molecule has 0 heterocycles. The van der Waals surface area contributed by atoms with E-state index in [4.69, 9.17) is 5.11 Å². The summed E-state index contributed by atoms with van der Waals surface area (Å²) in [5.41, 5.74) is 8.89. The first-order chi connectivity index (χ1) is 7.61. The molecule has 0 bridgehead atoms. The third kappa shape index (κ3) is 3.61. The van der Waals surface area contributed by atoms with E-state index in [-0.39, 0.29) is 6.54 Å². The second kappa shape index (κ2) is 5.75. The van der Waals surface area contributed by atoms with Crippen LogP contribution in [-0.2, 0) is 4.79 Å². The van der Waals surface area contributed by atoms with Gasteiger partial charge in [-0.15, -0.1) is 0 Å². The van der Waals surface area contributed by atoms with Gasteiger partial charge in [0.25, 0.3) is 0 Å². The Morgan fingerprint density at radius 2 is 2.06 bits per heavy atom. The lowest BCUT2D eigenvalue weighted by Crippen LogP contribution is -2.21. The van der Waals surface area contributed by atoms with Crippen molar-refractivity contribution in [3.63, 3.8) is 0 Å². The van der Waals surface area contributed by atoms with E-state index in [1.165, 1.54) is 6.34 Å². The van der Waals surface area contributed by atoms with Gasteiger partial charge >= 0.3 is 5.97 Å². The number of hydrogen-bond donors (Lipinski definition) is 3. The zero-order valence-electron chi connectivity index (χ0n) is 9.32. The van der Waals surface area contributed by atoms with Crippen molar-refractivity contribution >= 4 is 18.0 Å². The number of nitrogens with one attached hydrogen (secondary N) is 2. The van der Waals surface area contributed by atoms with Crippen LogP contribution < -0.4 is 10.9 Å². The van der Waals surface area contributed by atoms with Crippen molar-refractivity contribution in [1.29, 1.82) is 0 Å². The number of rotatable bonds is 5. The van der Waals surface area contributed by atoms with Gasteiger partial charge in [0, 0.05) is 0 Å². The Balaban J connectivity index is 2.49. The smallest absolute Gasteiger partial charge is 0.325 e. The number of carboxylic acid groups (broad SMARTS) is 1. The Morgan fingerprint density at radius 1 is 1.44 bits per heavy atom. The summed E-state index contributed by atoms with van der Waals surface area (Å²) in [6.07, 6.45) is 1.33. The molecular weight excluding hydrogens is 206 g/mol. The van der Waals surface area contributed by atoms with E-state index in [0.717, 1.165) is 16.8 Å². The monoisotopic (exact) mass is 221 g/mol. The molecule has 0 radical (unpaired) electrons. The minimum Gasteiger partial charge on any atom is -0.480 e. The Kier molecular flexibility index (Phi) is 4.32. The standard InChI is InChI=1S/C11H15N3O2/c1-8-4-3-5-9(2)11(8)14-13-7-12-6-10(15)16/h3-5,7,14H,6H2,1-2H3,(H,12,13)(H,15,16). The van der Waals surface area contributed by atoms with Gasteiger partial charge in [-0.25, -0.2) is 0 Å². The topological polar surface area (TPSA) is 73.7 Å². The normalized spacial score (nSPS) is 10.4. The number of anilines is 1. The van der Waals surface area contributed by atoms with E-state index >= 15 is 0 Å². The molecule has 0 fully saturated rings. The molecule has 0 aliphatic carbocycles. The van der Waals surface area contributed by atoms with Gasteiger partial charge in [0.2, 0.25) is 0 Å². The molecule has 0 spiro atoms. The van der Waals surface area contributed by atoms with Crippen molar-refractivity contribution < 1.29 is 9.90 Å². The molecule has 1 aromatic rings. The Labute approximate surface area is 94.2 Å². The lowest BCUT2D eigenvalue weighted by atomic mass is 10.1. The highest BCUT2D eigenvalue weighted by atomic mass is 16.4. The number of hydrogen-bond acceptors (Lipinski definition) is 3. The fourth-order valence-corrected chi connectivity index (χ4v) is 1.29. The molecule has 0 aliphatic rings. The fraction of sp³-hybridized carbons (Fsp3) is 0.273. The van der Waals surface area contributed by atoms with E-state index in [2.05, 4.69) is 15.8 Å². The van der Waals surface area contributed by atoms with Crippen LogP contribution in [0, 0.1) is 13.8 Å². The third-order valence-corrected chi connectivity index (χ3v) is 2.06. The van der Waals surface area contributed by atoms with Crippen LogP contribution in [0.3, 0.4) is 0 Å². The van der Waals surface area contributed by atoms with E-state index in [1.54, 1.807) is 0 Å². The number of aryl methyl sites for hydroxylation is 2. The minimum atomic E-state index is -0.954. The van der Waals surface area contributed by atoms with Crippen LogP contribution in [0.15, 0.2) is 23.2 Å². The van der Waals surface area contributed by atoms with Crippen LogP contribution in [0.2, 0.25) is 0 Å². The first-order valence-electron chi connectivity index (χ1n) is 4.89. The van der Waals surface area contributed by atoms with Crippen LogP contribution in [-0.4, -0.2) is 24.0 Å². The van der Waals surface area contributed by atoms with Crippen LogP contribution in [0.4, 0.5) is 5.69 Å². The highest BCUT2D eigenvalue weighted by molar-refractivity contribution is 5.72. The number of benzene rings is 1. The van der Waals surface area contributed by atoms with Crippen molar-refractivity contribution in [2.45, 2.75) is 13.8 Å². The Bertz CT molecular complexity index is 382. The van der Waals surface area contributed by atoms with Crippen LogP contribution in [0.5, 0.6) is 0 Å². The maximum absolute atomic E-state index is 10.2. The van der Waals surface area contributed by atoms with Gasteiger partial charge in [0.15, 0.2) is 0 Å². The summed E-state index contributed by atoms with van der Waals surface area (Å²) in [6.45, 7) is 3.75. The van der Waals surface area contributed by atoms with Crippen molar-refractivity contribution in [3.05, 3.63) is 29.3 Å². The van der Waals surface area contributed by atoms with E-state index in [1.807, 2.05) is 32.0 Å². The zero-order valence-corrected chi connectivity index (χ0v) is 9.32. The molecule has 0 saturated carbocycles. The predicted octanol–water partition coefficient (Wildman–Crippen LogP) is 1.33. The Morgan fingerprint density at radius 3 is 2.62 bits per heavy atom. The minimum absolute atomic E-state index is 0.235. The quantitative estimate of drug-likeness (QED) is 0.398. The molecule has 0 saturated heterocycles. The van der Waals surface area contributed by atoms with Gasteiger partial charge in [0.1, 0.15) is 12.9 Å². The molecule has 5 heteroatoms. The molecule has 16 heavy (non-hydrogen) atoms. The molecule has 0 aromatic heterocycles. The van der Waals surface area contributed by atoms with Crippen molar-refractivity contribution in [2.24, 2.45) is 4.99 Å². The van der Waals surface area contributed by atoms with Crippen LogP contribution in [0.1, 0.15) is 11.1 Å². The maximum Gasteiger partial charge on any atom is 0.325 e. The van der Waals surface area contributed by atoms with Crippen molar-refractivity contribution in [1.82, 2.24) is 5.43 Å². The van der Waals surface area contributed by atoms with E-state index in [0.29, 0.717) is 0 Å². The molecule has 5 nitrogen and oxygen atoms in total. The summed E-state index contributed by atoms with van der Waals surface area (Å²) in [4.78, 5) is 13.8. The van der Waals surface area contributed by atoms with Crippen molar-refractivity contribution in [3.8, 4) is 0 Å². The SMILES string of the molecule is Cc1cccc(C)c1NNC=NCC(=O)O. The van der Waals surface area contributed by atoms with E-state index < -0.39 is 5.97 Å². The van der Waals surface area contributed by atoms with Gasteiger partial charge in [-0.2, -0.15) is 0 Å². The van der Waals surface area contributed by atoms with Gasteiger partial charge in [0.05, 0.1) is 5.69 Å². The lowest BCUT2D eigenvalue weighted by Gasteiger charge is -2.11. The Hall–Kier alpha value is -2.04. The molecule has 1 rings (SSSR count). The average Bonchev–Trinajstić information content (AvgIpc) is 2.21. The van der Waals surface area contributed by atoms with Crippen LogP contribution in [0.25, 0.3) is 0 Å². The molecule has 3 N–H and O–H groups in total. The molecule has 0 amide bonds. The molecule has 86 valence electrons. The second-order valence-corrected chi connectivity index (χ2v) is 3.40. The van der Waals surface area contributed by atoms with Crippen LogP contribution >= 0.6 is 0 Å². The third-order valence-electron chi connectivity index (χ3n) is 2.06. The number of aliphatic imine (C=N–C) groups is 1. The lowest BCUT2D eigenvalue weighted by molar-refractivity contribution is -0.135. The summed E-state index contributed by atoms with van der Waals surface area (Å²) in [7, 11) is 0. The van der Waals surface area contributed by atoms with Crippen molar-refractivity contribution in [2.75, 3.05) is 12.0 Å². The maximum atomic E-state index is 10.2. The average molecular weight is 221 g/mol. The number of nitrogens with zero attached hydrogens (tertiary/aromatic N) is 1. The molecule has 0 atom stereocenters. The molecular formula is C11H15N3O2. The first-order valence-corrected chi connectivity index (χ1v) is 4.89. The highest BCUT2D eigenvalue weighted by Crippen LogP contribution is 2.17. The highest BCUT2D eigenvalue weighted by Gasteiger charge is 1.98. The number of carbonyl (C=O) groups is 1. The summed E-state index contributed by atoms with van der Waals surface area (Å²) in [5, 5.41) is 8.36. The summed E-state index contributed by atoms with van der Waals surface area (Å²) in [6, 6.07) is 5.96. The second-order valence-electron chi connectivity index (χ2n) is 3.40.